The lowest BCUT2D eigenvalue weighted by Crippen LogP contribution is -2.46. The summed E-state index contributed by atoms with van der Waals surface area (Å²) < 4.78 is 36.5. The minimum atomic E-state index is -0.615. The lowest BCUT2D eigenvalue weighted by atomic mass is 9.94. The van der Waals surface area contributed by atoms with E-state index in [-0.39, 0.29) is 28.4 Å². The van der Waals surface area contributed by atoms with Crippen molar-refractivity contribution >= 4 is 27.5 Å². The molecule has 2 fully saturated rings. The van der Waals surface area contributed by atoms with Crippen molar-refractivity contribution in [2.45, 2.75) is 38.7 Å². The summed E-state index contributed by atoms with van der Waals surface area (Å²) in [7, 11) is 0. The van der Waals surface area contributed by atoms with Crippen LogP contribution in [0.1, 0.15) is 31.2 Å². The van der Waals surface area contributed by atoms with Crippen LogP contribution in [0, 0.1) is 18.6 Å². The Bertz CT molecular complexity index is 1470. The molecule has 2 aliphatic heterocycles. The molecule has 0 amide bonds. The number of nitrogens with zero attached hydrogens (tertiary/aromatic N) is 4. The highest BCUT2D eigenvalue weighted by molar-refractivity contribution is 6.01. The third-order valence-electron chi connectivity index (χ3n) is 7.12. The van der Waals surface area contributed by atoms with Crippen LogP contribution in [0.5, 0.6) is 5.75 Å². The summed E-state index contributed by atoms with van der Waals surface area (Å²) >= 11 is 0. The summed E-state index contributed by atoms with van der Waals surface area (Å²) in [6.45, 7) is 5.83. The maximum atomic E-state index is 16.1. The lowest BCUT2D eigenvalue weighted by Gasteiger charge is -2.38. The van der Waals surface area contributed by atoms with Crippen LogP contribution >= 0.6 is 0 Å². The van der Waals surface area contributed by atoms with Crippen LogP contribution < -0.4 is 4.90 Å². The van der Waals surface area contributed by atoms with Gasteiger partial charge >= 0.3 is 0 Å². The molecule has 34 heavy (non-hydrogen) atoms. The molecule has 2 aromatic carbocycles. The van der Waals surface area contributed by atoms with Gasteiger partial charge in [0.15, 0.2) is 5.82 Å². The summed E-state index contributed by atoms with van der Waals surface area (Å²) in [6.07, 6.45) is 3.92. The number of phenols is 1. The Balaban J connectivity index is 1.56. The third-order valence-corrected chi connectivity index (χ3v) is 7.12. The Labute approximate surface area is 195 Å². The van der Waals surface area contributed by atoms with E-state index in [1.165, 1.54) is 12.1 Å². The molecule has 0 bridgehead atoms. The first-order chi connectivity index (χ1) is 16.4. The predicted molar refractivity (Wildman–Crippen MR) is 126 cm³/mol. The van der Waals surface area contributed by atoms with Crippen molar-refractivity contribution in [2.24, 2.45) is 0 Å². The number of fused-ring (bicyclic) bond motifs is 2. The number of phenolic OH excluding ortho intramolecular Hbond substituents is 1. The molecule has 4 heterocycles. The van der Waals surface area contributed by atoms with Gasteiger partial charge in [0.2, 0.25) is 0 Å². The number of benzene rings is 2. The Morgan fingerprint density at radius 3 is 2.71 bits per heavy atom. The van der Waals surface area contributed by atoms with Crippen LogP contribution in [0.25, 0.3) is 32.9 Å². The van der Waals surface area contributed by atoms with Gasteiger partial charge in [-0.05, 0) is 54.3 Å². The van der Waals surface area contributed by atoms with Crippen LogP contribution in [0.2, 0.25) is 0 Å². The number of aromatic nitrogens is 3. The van der Waals surface area contributed by atoms with Gasteiger partial charge in [-0.2, -0.15) is 0 Å². The van der Waals surface area contributed by atoms with Crippen molar-refractivity contribution in [1.29, 1.82) is 0 Å². The van der Waals surface area contributed by atoms with Crippen molar-refractivity contribution in [1.82, 2.24) is 15.0 Å². The van der Waals surface area contributed by atoms with E-state index in [1.54, 1.807) is 25.3 Å². The molecule has 6 nitrogen and oxygen atoms in total. The van der Waals surface area contributed by atoms with E-state index in [4.69, 9.17) is 4.74 Å². The molecule has 1 unspecified atom stereocenters. The fourth-order valence-electron chi connectivity index (χ4n) is 5.35. The van der Waals surface area contributed by atoms with E-state index >= 15 is 4.39 Å². The molecule has 8 heteroatoms. The van der Waals surface area contributed by atoms with E-state index in [0.29, 0.717) is 51.9 Å². The van der Waals surface area contributed by atoms with Gasteiger partial charge in [-0.25, -0.2) is 18.7 Å². The topological polar surface area (TPSA) is 71.4 Å². The minimum Gasteiger partial charge on any atom is -0.508 e. The quantitative estimate of drug-likeness (QED) is 0.459. The van der Waals surface area contributed by atoms with Crippen molar-refractivity contribution in [3.63, 3.8) is 0 Å². The van der Waals surface area contributed by atoms with Crippen molar-refractivity contribution < 1.29 is 18.6 Å². The first kappa shape index (κ1) is 21.2. The predicted octanol–water partition coefficient (Wildman–Crippen LogP) is 5.07. The second kappa shape index (κ2) is 7.56. The number of rotatable bonds is 3. The summed E-state index contributed by atoms with van der Waals surface area (Å²) in [5.41, 5.74) is 0.854. The number of aromatic hydroxyl groups is 1. The van der Waals surface area contributed by atoms with E-state index in [2.05, 4.69) is 19.9 Å². The molecule has 1 N–H and O–H groups in total. The Morgan fingerprint density at radius 2 is 2.00 bits per heavy atom. The molecule has 1 spiro atoms. The highest BCUT2D eigenvalue weighted by Crippen LogP contribution is 2.41. The first-order valence-corrected chi connectivity index (χ1v) is 11.6. The largest absolute Gasteiger partial charge is 0.508 e. The van der Waals surface area contributed by atoms with E-state index < -0.39 is 5.82 Å². The van der Waals surface area contributed by atoms with E-state index in [1.807, 2.05) is 6.92 Å². The normalized spacial score (nSPS) is 19.9. The summed E-state index contributed by atoms with van der Waals surface area (Å²) in [5.74, 6) is 0.0740. The molecular weight excluding hydrogens is 438 g/mol. The smallest absolute Gasteiger partial charge is 0.175 e. The van der Waals surface area contributed by atoms with Gasteiger partial charge in [0.05, 0.1) is 17.6 Å². The molecular formula is C26H24F2N4O2. The summed E-state index contributed by atoms with van der Waals surface area (Å²) in [4.78, 5) is 15.6. The SMILES string of the molecule is CCc1c(F)ccc2cc(O)cc(-c3ncc4c(N5CCC6(CCO6)C5)nc(C)nc4c3F)c12. The highest BCUT2D eigenvalue weighted by atomic mass is 19.1. The fraction of sp³-hybridized carbons (Fsp3) is 0.346. The van der Waals surface area contributed by atoms with Crippen molar-refractivity contribution in [2.75, 3.05) is 24.6 Å². The van der Waals surface area contributed by atoms with Gasteiger partial charge in [0, 0.05) is 31.3 Å². The molecule has 2 aliphatic rings. The number of aryl methyl sites for hydroxylation is 2. The zero-order valence-corrected chi connectivity index (χ0v) is 19.0. The van der Waals surface area contributed by atoms with Gasteiger partial charge < -0.3 is 14.7 Å². The molecule has 2 saturated heterocycles. The van der Waals surface area contributed by atoms with Crippen molar-refractivity contribution in [3.8, 4) is 17.0 Å². The lowest BCUT2D eigenvalue weighted by molar-refractivity contribution is -0.130. The van der Waals surface area contributed by atoms with E-state index in [0.717, 1.165) is 26.0 Å². The van der Waals surface area contributed by atoms with Gasteiger partial charge in [-0.1, -0.05) is 13.0 Å². The second-order valence-corrected chi connectivity index (χ2v) is 9.20. The third kappa shape index (κ3) is 3.12. The Kier molecular flexibility index (Phi) is 4.71. The molecule has 4 aromatic rings. The van der Waals surface area contributed by atoms with Gasteiger partial charge in [0.25, 0.3) is 0 Å². The fourth-order valence-corrected chi connectivity index (χ4v) is 5.35. The van der Waals surface area contributed by atoms with Crippen molar-refractivity contribution in [3.05, 3.63) is 53.5 Å². The van der Waals surface area contributed by atoms with Crippen LogP contribution in [0.3, 0.4) is 0 Å². The number of hydrogen-bond acceptors (Lipinski definition) is 6. The second-order valence-electron chi connectivity index (χ2n) is 9.20. The standard InChI is InChI=1S/C26H24F2N4O2/c1-3-17-20(27)5-4-15-10-16(33)11-18(21(15)17)23-22(28)24-19(12-29-23)25(31-14(2)30-24)32-8-6-26(13-32)7-9-34-26/h4-5,10-12,33H,3,6-9,13H2,1-2H3. The first-order valence-electron chi connectivity index (χ1n) is 11.6. The molecule has 6 rings (SSSR count). The Hall–Kier alpha value is -3.39. The molecule has 0 radical (unpaired) electrons. The molecule has 1 atom stereocenters. The van der Waals surface area contributed by atoms with Crippen LogP contribution in [0.4, 0.5) is 14.6 Å². The van der Waals surface area contributed by atoms with Crippen LogP contribution in [0.15, 0.2) is 30.5 Å². The Morgan fingerprint density at radius 1 is 1.18 bits per heavy atom. The van der Waals surface area contributed by atoms with Gasteiger partial charge in [-0.15, -0.1) is 0 Å². The monoisotopic (exact) mass is 462 g/mol. The minimum absolute atomic E-state index is 0.0259. The summed E-state index contributed by atoms with van der Waals surface area (Å²) in [5, 5.41) is 12.0. The number of pyridine rings is 1. The maximum Gasteiger partial charge on any atom is 0.175 e. The van der Waals surface area contributed by atoms with E-state index in [9.17, 15) is 9.50 Å². The molecule has 0 aliphatic carbocycles. The average Bonchev–Trinajstić information content (AvgIpc) is 3.25. The summed E-state index contributed by atoms with van der Waals surface area (Å²) in [6, 6.07) is 5.94. The van der Waals surface area contributed by atoms with Crippen LogP contribution in [-0.4, -0.2) is 45.4 Å². The zero-order chi connectivity index (χ0) is 23.6. The highest BCUT2D eigenvalue weighted by Gasteiger charge is 2.45. The maximum absolute atomic E-state index is 16.1. The molecule has 2 aromatic heterocycles. The zero-order valence-electron chi connectivity index (χ0n) is 19.0. The van der Waals surface area contributed by atoms with Crippen LogP contribution in [-0.2, 0) is 11.2 Å². The molecule has 174 valence electrons. The number of ether oxygens (including phenoxy) is 1. The number of halogens is 2. The molecule has 0 saturated carbocycles. The average molecular weight is 463 g/mol. The number of hydrogen-bond donors (Lipinski definition) is 1. The number of anilines is 1. The van der Waals surface area contributed by atoms with Gasteiger partial charge in [0.1, 0.15) is 34.4 Å². The van der Waals surface area contributed by atoms with Gasteiger partial charge in [-0.3, -0.25) is 4.98 Å².